The van der Waals surface area contributed by atoms with Crippen molar-refractivity contribution in [2.75, 3.05) is 13.2 Å². The molecule has 1 amide bonds. The number of esters is 1. The molecule has 1 aromatic carbocycles. The second-order valence-electron chi connectivity index (χ2n) is 3.45. The molecule has 1 N–H and O–H groups in total. The number of aryl methyl sites for hydroxylation is 1. The molecular formula is C12H14ClNO3. The number of hydrogen-bond donors (Lipinski definition) is 1. The summed E-state index contributed by atoms with van der Waals surface area (Å²) in [4.78, 5) is 22.7. The summed E-state index contributed by atoms with van der Waals surface area (Å²) >= 11 is 5.90. The Balaban J connectivity index is 2.58. The number of ether oxygens (including phenoxy) is 1. The summed E-state index contributed by atoms with van der Waals surface area (Å²) in [5, 5.41) is 2.98. The first-order chi connectivity index (χ1) is 8.04. The molecule has 0 unspecified atom stereocenters. The van der Waals surface area contributed by atoms with E-state index in [2.05, 4.69) is 5.32 Å². The van der Waals surface area contributed by atoms with Crippen molar-refractivity contribution in [2.24, 2.45) is 0 Å². The summed E-state index contributed by atoms with van der Waals surface area (Å²) in [6, 6.07) is 4.97. The highest BCUT2D eigenvalue weighted by atomic mass is 35.5. The Labute approximate surface area is 105 Å². The zero-order chi connectivity index (χ0) is 12.8. The van der Waals surface area contributed by atoms with E-state index in [1.54, 1.807) is 25.1 Å². The molecule has 5 heteroatoms. The van der Waals surface area contributed by atoms with E-state index in [1.807, 2.05) is 6.92 Å². The van der Waals surface area contributed by atoms with Gasteiger partial charge in [-0.2, -0.15) is 0 Å². The lowest BCUT2D eigenvalue weighted by molar-refractivity contribution is -0.141. The van der Waals surface area contributed by atoms with Crippen molar-refractivity contribution in [1.82, 2.24) is 5.32 Å². The van der Waals surface area contributed by atoms with Gasteiger partial charge in [0.2, 0.25) is 0 Å². The number of rotatable bonds is 4. The van der Waals surface area contributed by atoms with Gasteiger partial charge in [-0.1, -0.05) is 17.7 Å². The van der Waals surface area contributed by atoms with Crippen LogP contribution in [0.1, 0.15) is 22.8 Å². The maximum Gasteiger partial charge on any atom is 0.325 e. The fourth-order valence-corrected chi connectivity index (χ4v) is 1.38. The second kappa shape index (κ2) is 6.25. The molecule has 0 aliphatic rings. The minimum absolute atomic E-state index is 0.141. The number of benzene rings is 1. The number of nitrogens with one attached hydrogen (secondary N) is 1. The van der Waals surface area contributed by atoms with Crippen molar-refractivity contribution in [3.05, 3.63) is 34.3 Å². The molecule has 0 atom stereocenters. The quantitative estimate of drug-likeness (QED) is 0.837. The first-order valence-electron chi connectivity index (χ1n) is 5.24. The van der Waals surface area contributed by atoms with Gasteiger partial charge in [0.15, 0.2) is 0 Å². The fraction of sp³-hybridized carbons (Fsp3) is 0.333. The van der Waals surface area contributed by atoms with E-state index in [0.29, 0.717) is 17.2 Å². The van der Waals surface area contributed by atoms with Gasteiger partial charge in [0, 0.05) is 10.6 Å². The summed E-state index contributed by atoms with van der Waals surface area (Å²) in [7, 11) is 0. The Bertz CT molecular complexity index is 432. The lowest BCUT2D eigenvalue weighted by Gasteiger charge is -2.06. The number of halogens is 1. The maximum absolute atomic E-state index is 11.6. The highest BCUT2D eigenvalue weighted by Crippen LogP contribution is 2.16. The van der Waals surface area contributed by atoms with Crippen LogP contribution >= 0.6 is 11.6 Å². The Kier molecular flexibility index (Phi) is 4.97. The molecule has 0 radical (unpaired) electrons. The van der Waals surface area contributed by atoms with Gasteiger partial charge >= 0.3 is 5.97 Å². The fourth-order valence-electron chi connectivity index (χ4n) is 1.20. The topological polar surface area (TPSA) is 55.4 Å². The van der Waals surface area contributed by atoms with Crippen molar-refractivity contribution in [2.45, 2.75) is 13.8 Å². The molecule has 0 saturated heterocycles. The molecule has 1 aromatic rings. The smallest absolute Gasteiger partial charge is 0.325 e. The average Bonchev–Trinajstić information content (AvgIpc) is 2.30. The molecule has 0 bridgehead atoms. The lowest BCUT2D eigenvalue weighted by Crippen LogP contribution is -2.30. The minimum Gasteiger partial charge on any atom is -0.465 e. The third-order valence-corrected chi connectivity index (χ3v) is 2.54. The van der Waals surface area contributed by atoms with E-state index in [9.17, 15) is 9.59 Å². The van der Waals surface area contributed by atoms with Gasteiger partial charge in [-0.05, 0) is 31.5 Å². The second-order valence-corrected chi connectivity index (χ2v) is 3.86. The molecule has 17 heavy (non-hydrogen) atoms. The summed E-state index contributed by atoms with van der Waals surface area (Å²) in [5.74, 6) is -0.806. The maximum atomic E-state index is 11.6. The van der Waals surface area contributed by atoms with Gasteiger partial charge in [0.05, 0.1) is 6.61 Å². The van der Waals surface area contributed by atoms with E-state index < -0.39 is 5.97 Å². The highest BCUT2D eigenvalue weighted by molar-refractivity contribution is 6.31. The predicted molar refractivity (Wildman–Crippen MR) is 65.2 cm³/mol. The van der Waals surface area contributed by atoms with E-state index >= 15 is 0 Å². The Morgan fingerprint density at radius 1 is 1.41 bits per heavy atom. The van der Waals surface area contributed by atoms with Gasteiger partial charge < -0.3 is 10.1 Å². The van der Waals surface area contributed by atoms with Crippen molar-refractivity contribution in [3.63, 3.8) is 0 Å². The molecular weight excluding hydrogens is 242 g/mol. The van der Waals surface area contributed by atoms with Crippen LogP contribution in [0.3, 0.4) is 0 Å². The number of amides is 1. The van der Waals surface area contributed by atoms with Gasteiger partial charge in [0.1, 0.15) is 6.54 Å². The molecule has 4 nitrogen and oxygen atoms in total. The van der Waals surface area contributed by atoms with Crippen LogP contribution in [0.2, 0.25) is 5.02 Å². The predicted octanol–water partition coefficient (Wildman–Crippen LogP) is 1.94. The van der Waals surface area contributed by atoms with Gasteiger partial charge in [-0.25, -0.2) is 0 Å². The van der Waals surface area contributed by atoms with E-state index in [4.69, 9.17) is 16.3 Å². The minimum atomic E-state index is -0.459. The van der Waals surface area contributed by atoms with Crippen LogP contribution < -0.4 is 5.32 Å². The van der Waals surface area contributed by atoms with Gasteiger partial charge in [-0.3, -0.25) is 9.59 Å². The Hall–Kier alpha value is -1.55. The number of carbonyl (C=O) groups excluding carboxylic acids is 2. The largest absolute Gasteiger partial charge is 0.465 e. The van der Waals surface area contributed by atoms with Crippen molar-refractivity contribution < 1.29 is 14.3 Å². The summed E-state index contributed by atoms with van der Waals surface area (Å²) < 4.78 is 4.69. The van der Waals surface area contributed by atoms with Crippen LogP contribution in [0.15, 0.2) is 18.2 Å². The number of hydrogen-bond acceptors (Lipinski definition) is 3. The average molecular weight is 256 g/mol. The summed E-state index contributed by atoms with van der Waals surface area (Å²) in [5.41, 5.74) is 1.32. The van der Waals surface area contributed by atoms with Crippen molar-refractivity contribution >= 4 is 23.5 Å². The van der Waals surface area contributed by atoms with Gasteiger partial charge in [-0.15, -0.1) is 0 Å². The lowest BCUT2D eigenvalue weighted by atomic mass is 10.1. The molecule has 0 fully saturated rings. The Morgan fingerprint density at radius 2 is 2.12 bits per heavy atom. The first kappa shape index (κ1) is 13.5. The van der Waals surface area contributed by atoms with E-state index in [0.717, 1.165) is 5.56 Å². The van der Waals surface area contributed by atoms with Crippen LogP contribution in [0, 0.1) is 6.92 Å². The summed E-state index contributed by atoms with van der Waals surface area (Å²) in [6.45, 7) is 3.71. The first-order valence-corrected chi connectivity index (χ1v) is 5.62. The van der Waals surface area contributed by atoms with Crippen LogP contribution in [0.5, 0.6) is 0 Å². The molecule has 0 aromatic heterocycles. The van der Waals surface area contributed by atoms with Crippen molar-refractivity contribution in [3.8, 4) is 0 Å². The number of carbonyl (C=O) groups is 2. The molecule has 0 heterocycles. The Morgan fingerprint density at radius 3 is 2.71 bits per heavy atom. The van der Waals surface area contributed by atoms with Crippen LogP contribution in [-0.2, 0) is 9.53 Å². The molecule has 0 saturated carbocycles. The molecule has 0 aliphatic heterocycles. The molecule has 92 valence electrons. The molecule has 0 aliphatic carbocycles. The van der Waals surface area contributed by atoms with Crippen LogP contribution in [0.4, 0.5) is 0 Å². The van der Waals surface area contributed by atoms with E-state index in [-0.39, 0.29) is 12.5 Å². The summed E-state index contributed by atoms with van der Waals surface area (Å²) in [6.07, 6.45) is 0. The van der Waals surface area contributed by atoms with Crippen LogP contribution in [0.25, 0.3) is 0 Å². The third kappa shape index (κ3) is 4.07. The standard InChI is InChI=1S/C12H14ClNO3/c1-3-17-11(15)7-14-12(16)9-5-4-8(2)10(13)6-9/h4-6H,3,7H2,1-2H3,(H,14,16). The van der Waals surface area contributed by atoms with Crippen molar-refractivity contribution in [1.29, 1.82) is 0 Å². The zero-order valence-electron chi connectivity index (χ0n) is 9.75. The van der Waals surface area contributed by atoms with Crippen LogP contribution in [-0.4, -0.2) is 25.0 Å². The molecule has 1 rings (SSSR count). The third-order valence-electron chi connectivity index (χ3n) is 2.13. The SMILES string of the molecule is CCOC(=O)CNC(=O)c1ccc(C)c(Cl)c1. The van der Waals surface area contributed by atoms with E-state index in [1.165, 1.54) is 0 Å². The normalized spacial score (nSPS) is 9.82. The zero-order valence-corrected chi connectivity index (χ0v) is 10.5. The monoisotopic (exact) mass is 255 g/mol. The molecule has 0 spiro atoms. The van der Waals surface area contributed by atoms with Gasteiger partial charge in [0.25, 0.3) is 5.91 Å². The highest BCUT2D eigenvalue weighted by Gasteiger charge is 2.09.